The highest BCUT2D eigenvalue weighted by Crippen LogP contribution is 2.35. The number of carbonyl (C=O) groups is 2. The summed E-state index contributed by atoms with van der Waals surface area (Å²) in [5, 5.41) is 12.0. The van der Waals surface area contributed by atoms with Gasteiger partial charge in [-0.3, -0.25) is 4.79 Å². The van der Waals surface area contributed by atoms with Crippen LogP contribution in [-0.2, 0) is 11.3 Å². The molecule has 1 unspecified atom stereocenters. The molecule has 0 saturated carbocycles. The molecule has 1 aliphatic heterocycles. The third-order valence-corrected chi connectivity index (χ3v) is 4.50. The summed E-state index contributed by atoms with van der Waals surface area (Å²) in [7, 11) is 1.42. The van der Waals surface area contributed by atoms with Crippen molar-refractivity contribution in [3.8, 4) is 11.5 Å². The Labute approximate surface area is 151 Å². The van der Waals surface area contributed by atoms with Crippen LogP contribution in [0.15, 0.2) is 42.5 Å². The molecule has 3 rings (SSSR count). The quantitative estimate of drug-likeness (QED) is 0.832. The standard InChI is InChI=1S/C20H21NO5/c1-25-18-10-13(6-7-16(18)20(23)24)12-21-19(22)11-14-8-9-26-17-5-3-2-4-15(14)17/h2-7,10,14H,8-9,11-12H2,1H3,(H,21,22)(H,23,24). The van der Waals surface area contributed by atoms with Crippen LogP contribution < -0.4 is 14.8 Å². The highest BCUT2D eigenvalue weighted by molar-refractivity contribution is 5.91. The maximum atomic E-state index is 12.3. The van der Waals surface area contributed by atoms with Crippen molar-refractivity contribution in [1.29, 1.82) is 0 Å². The van der Waals surface area contributed by atoms with E-state index in [0.717, 1.165) is 23.3 Å². The minimum absolute atomic E-state index is 0.0482. The zero-order valence-electron chi connectivity index (χ0n) is 14.5. The molecule has 1 atom stereocenters. The lowest BCUT2D eigenvalue weighted by Gasteiger charge is -2.25. The second kappa shape index (κ2) is 7.91. The van der Waals surface area contributed by atoms with Crippen molar-refractivity contribution in [2.45, 2.75) is 25.3 Å². The van der Waals surface area contributed by atoms with E-state index in [4.69, 9.17) is 14.6 Å². The number of carboxylic acid groups (broad SMARTS) is 1. The number of rotatable bonds is 6. The molecule has 2 aromatic carbocycles. The molecule has 26 heavy (non-hydrogen) atoms. The van der Waals surface area contributed by atoms with E-state index in [1.165, 1.54) is 13.2 Å². The summed E-state index contributed by atoms with van der Waals surface area (Å²) in [6, 6.07) is 12.6. The van der Waals surface area contributed by atoms with Crippen molar-refractivity contribution >= 4 is 11.9 Å². The third kappa shape index (κ3) is 3.96. The van der Waals surface area contributed by atoms with Crippen LogP contribution in [0.2, 0.25) is 0 Å². The number of aromatic carboxylic acids is 1. The van der Waals surface area contributed by atoms with Gasteiger partial charge in [0.15, 0.2) is 0 Å². The molecule has 1 amide bonds. The number of nitrogens with one attached hydrogen (secondary N) is 1. The third-order valence-electron chi connectivity index (χ3n) is 4.50. The second-order valence-corrected chi connectivity index (χ2v) is 6.19. The summed E-state index contributed by atoms with van der Waals surface area (Å²) in [5.74, 6) is 0.181. The van der Waals surface area contributed by atoms with Crippen molar-refractivity contribution in [1.82, 2.24) is 5.32 Å². The van der Waals surface area contributed by atoms with Gasteiger partial charge in [0.25, 0.3) is 0 Å². The first-order chi connectivity index (χ1) is 12.6. The fourth-order valence-electron chi connectivity index (χ4n) is 3.15. The number of para-hydroxylation sites is 1. The summed E-state index contributed by atoms with van der Waals surface area (Å²) in [5.41, 5.74) is 1.95. The Morgan fingerprint density at radius 3 is 2.85 bits per heavy atom. The highest BCUT2D eigenvalue weighted by Gasteiger charge is 2.23. The van der Waals surface area contributed by atoms with Gasteiger partial charge in [-0.05, 0) is 41.7 Å². The van der Waals surface area contributed by atoms with Gasteiger partial charge in [-0.25, -0.2) is 4.79 Å². The smallest absolute Gasteiger partial charge is 0.339 e. The molecule has 0 bridgehead atoms. The fraction of sp³-hybridized carbons (Fsp3) is 0.300. The topological polar surface area (TPSA) is 84.9 Å². The first-order valence-electron chi connectivity index (χ1n) is 8.47. The predicted molar refractivity (Wildman–Crippen MR) is 95.7 cm³/mol. The van der Waals surface area contributed by atoms with E-state index in [-0.39, 0.29) is 23.1 Å². The molecule has 136 valence electrons. The SMILES string of the molecule is COc1cc(CNC(=O)CC2CCOc3ccccc32)ccc1C(=O)O. The van der Waals surface area contributed by atoms with Crippen LogP contribution in [0, 0.1) is 0 Å². The molecule has 0 spiro atoms. The monoisotopic (exact) mass is 355 g/mol. The van der Waals surface area contributed by atoms with Gasteiger partial charge in [-0.15, -0.1) is 0 Å². The zero-order valence-corrected chi connectivity index (χ0v) is 14.5. The predicted octanol–water partition coefficient (Wildman–Crippen LogP) is 2.97. The molecule has 0 fully saturated rings. The Balaban J connectivity index is 1.61. The Morgan fingerprint density at radius 2 is 2.08 bits per heavy atom. The van der Waals surface area contributed by atoms with Gasteiger partial charge in [-0.1, -0.05) is 24.3 Å². The van der Waals surface area contributed by atoms with Crippen LogP contribution >= 0.6 is 0 Å². The molecule has 6 nitrogen and oxygen atoms in total. The summed E-state index contributed by atoms with van der Waals surface area (Å²) in [6.07, 6.45) is 1.20. The fourth-order valence-corrected chi connectivity index (χ4v) is 3.15. The second-order valence-electron chi connectivity index (χ2n) is 6.19. The normalized spacial score (nSPS) is 15.5. The summed E-state index contributed by atoms with van der Waals surface area (Å²) < 4.78 is 10.7. The molecule has 0 aromatic heterocycles. The maximum Gasteiger partial charge on any atom is 0.339 e. The van der Waals surface area contributed by atoms with Crippen molar-refractivity contribution in [2.24, 2.45) is 0 Å². The minimum Gasteiger partial charge on any atom is -0.496 e. The van der Waals surface area contributed by atoms with Crippen molar-refractivity contribution < 1.29 is 24.2 Å². The van der Waals surface area contributed by atoms with Crippen molar-refractivity contribution in [3.05, 3.63) is 59.2 Å². The maximum absolute atomic E-state index is 12.3. The largest absolute Gasteiger partial charge is 0.496 e. The first-order valence-corrected chi connectivity index (χ1v) is 8.47. The number of ether oxygens (including phenoxy) is 2. The summed E-state index contributed by atoms with van der Waals surface area (Å²) in [4.78, 5) is 23.5. The molecule has 0 aliphatic carbocycles. The van der Waals surface area contributed by atoms with Gasteiger partial charge in [0, 0.05) is 13.0 Å². The number of amides is 1. The lowest BCUT2D eigenvalue weighted by Crippen LogP contribution is -2.26. The number of hydrogen-bond donors (Lipinski definition) is 2. The Hall–Kier alpha value is -3.02. The molecular formula is C20H21NO5. The average molecular weight is 355 g/mol. The lowest BCUT2D eigenvalue weighted by molar-refractivity contribution is -0.121. The zero-order chi connectivity index (χ0) is 18.5. The number of carboxylic acids is 1. The molecule has 1 heterocycles. The van der Waals surface area contributed by atoms with Crippen molar-refractivity contribution in [3.63, 3.8) is 0 Å². The van der Waals surface area contributed by atoms with E-state index in [2.05, 4.69) is 5.32 Å². The van der Waals surface area contributed by atoms with Crippen LogP contribution in [-0.4, -0.2) is 30.7 Å². The van der Waals surface area contributed by atoms with Gasteiger partial charge >= 0.3 is 5.97 Å². The average Bonchev–Trinajstić information content (AvgIpc) is 2.66. The molecule has 0 radical (unpaired) electrons. The van der Waals surface area contributed by atoms with E-state index >= 15 is 0 Å². The lowest BCUT2D eigenvalue weighted by atomic mass is 9.90. The molecule has 2 aromatic rings. The van der Waals surface area contributed by atoms with E-state index in [0.29, 0.717) is 19.6 Å². The van der Waals surface area contributed by atoms with E-state index in [1.807, 2.05) is 24.3 Å². The van der Waals surface area contributed by atoms with E-state index in [9.17, 15) is 9.59 Å². The Kier molecular flexibility index (Phi) is 5.41. The van der Waals surface area contributed by atoms with E-state index in [1.54, 1.807) is 12.1 Å². The van der Waals surface area contributed by atoms with Crippen LogP contribution in [0.4, 0.5) is 0 Å². The number of carbonyl (C=O) groups excluding carboxylic acids is 1. The number of methoxy groups -OCH3 is 1. The van der Waals surface area contributed by atoms with Crippen LogP contribution in [0.3, 0.4) is 0 Å². The van der Waals surface area contributed by atoms with Gasteiger partial charge in [0.1, 0.15) is 17.1 Å². The number of benzene rings is 2. The van der Waals surface area contributed by atoms with Crippen LogP contribution in [0.25, 0.3) is 0 Å². The van der Waals surface area contributed by atoms with Crippen LogP contribution in [0.1, 0.15) is 40.2 Å². The molecular weight excluding hydrogens is 334 g/mol. The molecule has 2 N–H and O–H groups in total. The van der Waals surface area contributed by atoms with E-state index < -0.39 is 5.97 Å². The summed E-state index contributed by atoms with van der Waals surface area (Å²) in [6.45, 7) is 0.933. The Morgan fingerprint density at radius 1 is 1.27 bits per heavy atom. The van der Waals surface area contributed by atoms with Crippen molar-refractivity contribution in [2.75, 3.05) is 13.7 Å². The van der Waals surface area contributed by atoms with Gasteiger partial charge in [-0.2, -0.15) is 0 Å². The van der Waals surface area contributed by atoms with Gasteiger partial charge in [0.2, 0.25) is 5.91 Å². The summed E-state index contributed by atoms with van der Waals surface area (Å²) >= 11 is 0. The molecule has 6 heteroatoms. The minimum atomic E-state index is -1.05. The Bertz CT molecular complexity index is 818. The number of hydrogen-bond acceptors (Lipinski definition) is 4. The molecule has 0 saturated heterocycles. The number of fused-ring (bicyclic) bond motifs is 1. The van der Waals surface area contributed by atoms with Crippen LogP contribution in [0.5, 0.6) is 11.5 Å². The van der Waals surface area contributed by atoms with Gasteiger partial charge in [0.05, 0.1) is 13.7 Å². The highest BCUT2D eigenvalue weighted by atomic mass is 16.5. The van der Waals surface area contributed by atoms with Gasteiger partial charge < -0.3 is 19.9 Å². The molecule has 1 aliphatic rings. The first kappa shape index (κ1) is 17.8.